The fourth-order valence-electron chi connectivity index (χ4n) is 4.53. The number of amides is 1. The fourth-order valence-corrected chi connectivity index (χ4v) is 5.39. The van der Waals surface area contributed by atoms with E-state index < -0.39 is 21.5 Å². The van der Waals surface area contributed by atoms with Crippen molar-refractivity contribution >= 4 is 21.6 Å². The molecular weight excluding hydrogens is 416 g/mol. The van der Waals surface area contributed by atoms with E-state index in [2.05, 4.69) is 41.0 Å². The summed E-state index contributed by atoms with van der Waals surface area (Å²) in [5.41, 5.74) is 1.55. The maximum atomic E-state index is 12.7. The zero-order valence-corrected chi connectivity index (χ0v) is 19.9. The second kappa shape index (κ2) is 9.44. The lowest BCUT2D eigenvalue weighted by molar-refractivity contribution is -0.133. The van der Waals surface area contributed by atoms with Crippen LogP contribution in [-0.4, -0.2) is 105 Å². The van der Waals surface area contributed by atoms with Gasteiger partial charge in [-0.15, -0.1) is 0 Å². The monoisotopic (exact) mass is 452 g/mol. The van der Waals surface area contributed by atoms with E-state index in [1.165, 1.54) is 26.7 Å². The summed E-state index contributed by atoms with van der Waals surface area (Å²) in [7, 11) is -0.00505. The van der Waals surface area contributed by atoms with Crippen molar-refractivity contribution < 1.29 is 18.3 Å². The minimum atomic E-state index is -3.39. The highest BCUT2D eigenvalue weighted by atomic mass is 32.2. The second-order valence-electron chi connectivity index (χ2n) is 9.33. The molecule has 8 nitrogen and oxygen atoms in total. The molecule has 2 heterocycles. The van der Waals surface area contributed by atoms with E-state index in [1.54, 1.807) is 14.1 Å². The van der Waals surface area contributed by atoms with E-state index >= 15 is 0 Å². The number of piperidine rings is 1. The lowest BCUT2D eigenvalue weighted by Crippen LogP contribution is -2.52. The number of nitrogens with zero attached hydrogens (tertiary/aromatic N) is 4. The average molecular weight is 453 g/mol. The van der Waals surface area contributed by atoms with E-state index in [0.29, 0.717) is 39.0 Å². The Morgan fingerprint density at radius 3 is 2.26 bits per heavy atom. The molecule has 9 heteroatoms. The third kappa shape index (κ3) is 6.19. The number of rotatable bonds is 5. The van der Waals surface area contributed by atoms with Gasteiger partial charge in [0, 0.05) is 65.6 Å². The van der Waals surface area contributed by atoms with Crippen LogP contribution >= 0.6 is 0 Å². The van der Waals surface area contributed by atoms with Gasteiger partial charge < -0.3 is 14.9 Å². The van der Waals surface area contributed by atoms with Gasteiger partial charge in [-0.3, -0.25) is 9.69 Å². The normalized spacial score (nSPS) is 23.4. The van der Waals surface area contributed by atoms with Crippen molar-refractivity contribution in [1.82, 2.24) is 14.1 Å². The van der Waals surface area contributed by atoms with Crippen LogP contribution in [0.1, 0.15) is 18.4 Å². The van der Waals surface area contributed by atoms with Crippen LogP contribution in [0, 0.1) is 12.8 Å². The molecule has 1 aromatic carbocycles. The largest absolute Gasteiger partial charge is 0.388 e. The lowest BCUT2D eigenvalue weighted by atomic mass is 9.90. The zero-order valence-electron chi connectivity index (χ0n) is 19.1. The average Bonchev–Trinajstić information content (AvgIpc) is 2.91. The van der Waals surface area contributed by atoms with E-state index in [-0.39, 0.29) is 12.5 Å². The first-order valence-corrected chi connectivity index (χ1v) is 12.7. The summed E-state index contributed by atoms with van der Waals surface area (Å²) in [6.07, 6.45) is 2.47. The van der Waals surface area contributed by atoms with Gasteiger partial charge in [-0.25, -0.2) is 12.7 Å². The summed E-state index contributed by atoms with van der Waals surface area (Å²) in [5.74, 6) is -0.523. The Kier molecular flexibility index (Phi) is 7.30. The SMILES string of the molecule is Cc1ccc(N2CCC(O)(CN3CCN(S(C)(=O)=O)C[C@@H](C(=O)N(C)C)C3)CC2)cc1. The van der Waals surface area contributed by atoms with Gasteiger partial charge in [0.25, 0.3) is 0 Å². The predicted molar refractivity (Wildman–Crippen MR) is 123 cm³/mol. The lowest BCUT2D eigenvalue weighted by Gasteiger charge is -2.42. The smallest absolute Gasteiger partial charge is 0.227 e. The molecule has 174 valence electrons. The molecule has 1 amide bonds. The molecule has 3 rings (SSSR count). The molecule has 0 radical (unpaired) electrons. The highest BCUT2D eigenvalue weighted by molar-refractivity contribution is 7.88. The minimum Gasteiger partial charge on any atom is -0.388 e. The van der Waals surface area contributed by atoms with Gasteiger partial charge >= 0.3 is 0 Å². The number of carbonyl (C=O) groups is 1. The van der Waals surface area contributed by atoms with Crippen molar-refractivity contribution in [2.75, 3.05) is 71.1 Å². The molecule has 0 unspecified atom stereocenters. The Morgan fingerprint density at radius 1 is 1.10 bits per heavy atom. The number of β-amino-alcohol motifs (C(OH)–C–C–N with tert-alkyl or cyclic N) is 1. The second-order valence-corrected chi connectivity index (χ2v) is 11.3. The number of aryl methyl sites for hydroxylation is 1. The maximum absolute atomic E-state index is 12.7. The molecule has 2 aliphatic rings. The zero-order chi connectivity index (χ0) is 22.8. The highest BCUT2D eigenvalue weighted by Crippen LogP contribution is 2.28. The third-order valence-electron chi connectivity index (χ3n) is 6.44. The molecule has 1 aromatic rings. The van der Waals surface area contributed by atoms with Gasteiger partial charge in [-0.05, 0) is 31.9 Å². The first-order valence-electron chi connectivity index (χ1n) is 10.9. The van der Waals surface area contributed by atoms with Crippen LogP contribution in [0.3, 0.4) is 0 Å². The van der Waals surface area contributed by atoms with E-state index in [1.807, 2.05) is 0 Å². The number of anilines is 1. The first-order chi connectivity index (χ1) is 14.5. The minimum absolute atomic E-state index is 0.0817. The molecule has 31 heavy (non-hydrogen) atoms. The Bertz CT molecular complexity index is 864. The molecule has 1 atom stereocenters. The number of hydrogen-bond acceptors (Lipinski definition) is 6. The van der Waals surface area contributed by atoms with Crippen LogP contribution in [0.5, 0.6) is 0 Å². The number of carbonyl (C=O) groups excluding carboxylic acids is 1. The Morgan fingerprint density at radius 2 is 1.71 bits per heavy atom. The van der Waals surface area contributed by atoms with Crippen LogP contribution in [0.4, 0.5) is 5.69 Å². The molecule has 0 spiro atoms. The third-order valence-corrected chi connectivity index (χ3v) is 7.71. The molecule has 2 aliphatic heterocycles. The summed E-state index contributed by atoms with van der Waals surface area (Å²) in [6.45, 7) is 5.53. The number of aliphatic hydroxyl groups is 1. The van der Waals surface area contributed by atoms with Crippen molar-refractivity contribution in [3.8, 4) is 0 Å². The van der Waals surface area contributed by atoms with Gasteiger partial charge in [0.2, 0.25) is 15.9 Å². The van der Waals surface area contributed by atoms with Crippen molar-refractivity contribution in [1.29, 1.82) is 0 Å². The van der Waals surface area contributed by atoms with Crippen molar-refractivity contribution in [3.63, 3.8) is 0 Å². The molecule has 0 aromatic heterocycles. The van der Waals surface area contributed by atoms with Crippen molar-refractivity contribution in [3.05, 3.63) is 29.8 Å². The van der Waals surface area contributed by atoms with E-state index in [4.69, 9.17) is 0 Å². The van der Waals surface area contributed by atoms with Crippen molar-refractivity contribution in [2.45, 2.75) is 25.4 Å². The quantitative estimate of drug-likeness (QED) is 0.705. The fraction of sp³-hybridized carbons (Fsp3) is 0.682. The topological polar surface area (TPSA) is 84.4 Å². The summed E-state index contributed by atoms with van der Waals surface area (Å²) in [6, 6.07) is 8.43. The summed E-state index contributed by atoms with van der Waals surface area (Å²) < 4.78 is 25.7. The summed E-state index contributed by atoms with van der Waals surface area (Å²) in [5, 5.41) is 11.3. The molecule has 2 fully saturated rings. The maximum Gasteiger partial charge on any atom is 0.227 e. The molecule has 1 N–H and O–H groups in total. The number of benzene rings is 1. The molecule has 0 aliphatic carbocycles. The molecule has 0 bridgehead atoms. The number of sulfonamides is 1. The standard InChI is InChI=1S/C22H36N4O4S/c1-18-5-7-20(8-6-18)25-11-9-22(28,10-12-25)17-24-13-14-26(31(4,29)30)16-19(15-24)21(27)23(2)3/h5-8,19,28H,9-17H2,1-4H3/t19-/m0/s1. The Hall–Kier alpha value is -1.68. The first kappa shape index (κ1) is 24.0. The summed E-state index contributed by atoms with van der Waals surface area (Å²) >= 11 is 0. The summed E-state index contributed by atoms with van der Waals surface area (Å²) in [4.78, 5) is 18.6. The van der Waals surface area contributed by atoms with Crippen LogP contribution < -0.4 is 4.90 Å². The Balaban J connectivity index is 1.66. The van der Waals surface area contributed by atoms with Gasteiger partial charge in [0.1, 0.15) is 0 Å². The molecule has 2 saturated heterocycles. The van der Waals surface area contributed by atoms with E-state index in [9.17, 15) is 18.3 Å². The number of hydrogen-bond donors (Lipinski definition) is 1. The van der Waals surface area contributed by atoms with Gasteiger partial charge in [0.05, 0.1) is 17.8 Å². The van der Waals surface area contributed by atoms with Crippen LogP contribution in [0.2, 0.25) is 0 Å². The van der Waals surface area contributed by atoms with E-state index in [0.717, 1.165) is 13.1 Å². The highest BCUT2D eigenvalue weighted by Gasteiger charge is 2.38. The Labute approximate surface area is 186 Å². The van der Waals surface area contributed by atoms with Crippen molar-refractivity contribution in [2.24, 2.45) is 5.92 Å². The predicted octanol–water partition coefficient (Wildman–Crippen LogP) is 0.608. The van der Waals surface area contributed by atoms with Crippen LogP contribution in [0.15, 0.2) is 24.3 Å². The van der Waals surface area contributed by atoms with Gasteiger partial charge in [-0.1, -0.05) is 17.7 Å². The van der Waals surface area contributed by atoms with Gasteiger partial charge in [-0.2, -0.15) is 0 Å². The molecule has 0 saturated carbocycles. The van der Waals surface area contributed by atoms with Crippen LogP contribution in [-0.2, 0) is 14.8 Å². The van der Waals surface area contributed by atoms with Crippen LogP contribution in [0.25, 0.3) is 0 Å². The molecular formula is C22H36N4O4S. The van der Waals surface area contributed by atoms with Gasteiger partial charge in [0.15, 0.2) is 0 Å².